The fourth-order valence-electron chi connectivity index (χ4n) is 3.00. The first kappa shape index (κ1) is 13.2. The lowest BCUT2D eigenvalue weighted by Crippen LogP contribution is -2.42. The molecule has 106 valence electrons. The van der Waals surface area contributed by atoms with Crippen molar-refractivity contribution in [2.24, 2.45) is 0 Å². The Morgan fingerprint density at radius 3 is 2.95 bits per heavy atom. The van der Waals surface area contributed by atoms with Gasteiger partial charge in [0.05, 0.1) is 31.1 Å². The van der Waals surface area contributed by atoms with Gasteiger partial charge in [-0.05, 0) is 30.4 Å². The Hall–Kier alpha value is -1.81. The quantitative estimate of drug-likeness (QED) is 0.894. The normalized spacial score (nSPS) is 21.8. The number of hydrogen-bond donors (Lipinski definition) is 1. The molecule has 0 fully saturated rings. The maximum Gasteiger partial charge on any atom is 0.253 e. The van der Waals surface area contributed by atoms with E-state index in [4.69, 9.17) is 4.74 Å². The van der Waals surface area contributed by atoms with E-state index in [2.05, 4.69) is 6.07 Å². The third kappa shape index (κ3) is 2.31. The minimum absolute atomic E-state index is 0.00162. The summed E-state index contributed by atoms with van der Waals surface area (Å²) in [7, 11) is 0. The highest BCUT2D eigenvalue weighted by Gasteiger charge is 2.31. The second-order valence-electron chi connectivity index (χ2n) is 5.26. The molecule has 1 aromatic rings. The Morgan fingerprint density at radius 1 is 1.35 bits per heavy atom. The zero-order chi connectivity index (χ0) is 13.9. The number of nitrogens with zero attached hydrogens (tertiary/aromatic N) is 1. The summed E-state index contributed by atoms with van der Waals surface area (Å²) in [6, 6.07) is 7.79. The SMILES string of the molecule is O=C(C1=COCCC1)N1CCc2ccccc2[C@H]1CO. The van der Waals surface area contributed by atoms with Gasteiger partial charge in [-0.1, -0.05) is 24.3 Å². The minimum atomic E-state index is -0.240. The zero-order valence-corrected chi connectivity index (χ0v) is 11.4. The highest BCUT2D eigenvalue weighted by atomic mass is 16.5. The standard InChI is InChI=1S/C16H19NO3/c18-10-15-14-6-2-1-4-12(14)7-8-17(15)16(19)13-5-3-9-20-11-13/h1-2,4,6,11,15,18H,3,5,7-10H2/t15-/m1/s1. The van der Waals surface area contributed by atoms with Gasteiger partial charge in [-0.15, -0.1) is 0 Å². The molecular formula is C16H19NO3. The molecule has 2 aliphatic rings. The number of amides is 1. The summed E-state index contributed by atoms with van der Waals surface area (Å²) in [4.78, 5) is 14.4. The van der Waals surface area contributed by atoms with Crippen LogP contribution >= 0.6 is 0 Å². The molecule has 4 heteroatoms. The van der Waals surface area contributed by atoms with E-state index < -0.39 is 0 Å². The van der Waals surface area contributed by atoms with Gasteiger partial charge < -0.3 is 14.7 Å². The van der Waals surface area contributed by atoms with Crippen LogP contribution in [-0.4, -0.2) is 35.7 Å². The van der Waals surface area contributed by atoms with Gasteiger partial charge >= 0.3 is 0 Å². The van der Waals surface area contributed by atoms with Gasteiger partial charge in [0.1, 0.15) is 0 Å². The van der Waals surface area contributed by atoms with Crippen molar-refractivity contribution < 1.29 is 14.6 Å². The van der Waals surface area contributed by atoms with Crippen molar-refractivity contribution in [1.29, 1.82) is 0 Å². The summed E-state index contributed by atoms with van der Waals surface area (Å²) in [6.45, 7) is 1.29. The lowest BCUT2D eigenvalue weighted by Gasteiger charge is -2.37. The summed E-state index contributed by atoms with van der Waals surface area (Å²) < 4.78 is 5.26. The lowest BCUT2D eigenvalue weighted by molar-refractivity contribution is -0.131. The van der Waals surface area contributed by atoms with E-state index in [9.17, 15) is 9.90 Å². The molecule has 4 nitrogen and oxygen atoms in total. The Labute approximate surface area is 118 Å². The smallest absolute Gasteiger partial charge is 0.253 e. The number of carbonyl (C=O) groups is 1. The van der Waals surface area contributed by atoms with E-state index in [1.54, 1.807) is 11.2 Å². The molecule has 0 bridgehead atoms. The Kier molecular flexibility index (Phi) is 3.74. The van der Waals surface area contributed by atoms with Crippen LogP contribution in [0.1, 0.15) is 30.0 Å². The van der Waals surface area contributed by atoms with Gasteiger partial charge in [0.2, 0.25) is 0 Å². The van der Waals surface area contributed by atoms with E-state index in [-0.39, 0.29) is 18.6 Å². The number of ether oxygens (including phenoxy) is 1. The molecule has 1 N–H and O–H groups in total. The van der Waals surface area contributed by atoms with Crippen molar-refractivity contribution in [3.05, 3.63) is 47.2 Å². The topological polar surface area (TPSA) is 49.8 Å². The molecule has 0 spiro atoms. The molecular weight excluding hydrogens is 254 g/mol. The van der Waals surface area contributed by atoms with Crippen LogP contribution < -0.4 is 0 Å². The van der Waals surface area contributed by atoms with Crippen molar-refractivity contribution in [3.8, 4) is 0 Å². The second kappa shape index (κ2) is 5.67. The van der Waals surface area contributed by atoms with Gasteiger partial charge in [-0.2, -0.15) is 0 Å². The maximum atomic E-state index is 12.6. The number of hydrogen-bond acceptors (Lipinski definition) is 3. The van der Waals surface area contributed by atoms with Gasteiger partial charge in [-0.3, -0.25) is 4.79 Å². The molecule has 3 rings (SSSR count). The van der Waals surface area contributed by atoms with Crippen LogP contribution in [0.3, 0.4) is 0 Å². The summed E-state index contributed by atoms with van der Waals surface area (Å²) in [5.74, 6) is -0.00162. The number of rotatable bonds is 2. The summed E-state index contributed by atoms with van der Waals surface area (Å²) in [5.41, 5.74) is 3.01. The maximum absolute atomic E-state index is 12.6. The van der Waals surface area contributed by atoms with E-state index in [0.717, 1.165) is 24.8 Å². The van der Waals surface area contributed by atoms with Crippen LogP contribution in [0.2, 0.25) is 0 Å². The van der Waals surface area contributed by atoms with Gasteiger partial charge in [0.25, 0.3) is 5.91 Å². The van der Waals surface area contributed by atoms with Crippen molar-refractivity contribution >= 4 is 5.91 Å². The van der Waals surface area contributed by atoms with Crippen molar-refractivity contribution in [1.82, 2.24) is 4.90 Å². The number of aliphatic hydroxyl groups excluding tert-OH is 1. The molecule has 1 amide bonds. The Morgan fingerprint density at radius 2 is 2.20 bits per heavy atom. The molecule has 2 heterocycles. The first-order valence-corrected chi connectivity index (χ1v) is 7.11. The average Bonchev–Trinajstić information content (AvgIpc) is 2.54. The molecule has 0 radical (unpaired) electrons. The highest BCUT2D eigenvalue weighted by Crippen LogP contribution is 2.31. The third-order valence-corrected chi connectivity index (χ3v) is 4.05. The van der Waals surface area contributed by atoms with Crippen LogP contribution in [0.4, 0.5) is 0 Å². The van der Waals surface area contributed by atoms with Crippen LogP contribution in [-0.2, 0) is 16.0 Å². The molecule has 1 aromatic carbocycles. The fraction of sp³-hybridized carbons (Fsp3) is 0.438. The summed E-state index contributed by atoms with van der Waals surface area (Å²) in [5, 5.41) is 9.71. The molecule has 2 aliphatic heterocycles. The lowest BCUT2D eigenvalue weighted by atomic mass is 9.92. The van der Waals surface area contributed by atoms with Crippen molar-refractivity contribution in [2.75, 3.05) is 19.8 Å². The van der Waals surface area contributed by atoms with Crippen LogP contribution in [0.25, 0.3) is 0 Å². The third-order valence-electron chi connectivity index (χ3n) is 4.05. The van der Waals surface area contributed by atoms with E-state index >= 15 is 0 Å². The zero-order valence-electron chi connectivity index (χ0n) is 11.4. The molecule has 0 unspecified atom stereocenters. The molecule has 0 saturated carbocycles. The van der Waals surface area contributed by atoms with Crippen LogP contribution in [0.5, 0.6) is 0 Å². The van der Waals surface area contributed by atoms with E-state index in [0.29, 0.717) is 18.7 Å². The largest absolute Gasteiger partial charge is 0.501 e. The summed E-state index contributed by atoms with van der Waals surface area (Å²) >= 11 is 0. The minimum Gasteiger partial charge on any atom is -0.501 e. The van der Waals surface area contributed by atoms with E-state index in [1.165, 1.54) is 5.56 Å². The highest BCUT2D eigenvalue weighted by molar-refractivity contribution is 5.93. The first-order chi connectivity index (χ1) is 9.81. The average molecular weight is 273 g/mol. The first-order valence-electron chi connectivity index (χ1n) is 7.11. The van der Waals surface area contributed by atoms with E-state index in [1.807, 2.05) is 18.2 Å². The molecule has 20 heavy (non-hydrogen) atoms. The fourth-order valence-corrected chi connectivity index (χ4v) is 3.00. The Balaban J connectivity index is 1.87. The number of aliphatic hydroxyl groups is 1. The summed E-state index contributed by atoms with van der Waals surface area (Å²) in [6.07, 6.45) is 4.06. The van der Waals surface area contributed by atoms with Gasteiger partial charge in [0, 0.05) is 6.54 Å². The van der Waals surface area contributed by atoms with Crippen molar-refractivity contribution in [2.45, 2.75) is 25.3 Å². The van der Waals surface area contributed by atoms with Gasteiger partial charge in [-0.25, -0.2) is 0 Å². The second-order valence-corrected chi connectivity index (χ2v) is 5.26. The monoisotopic (exact) mass is 273 g/mol. The molecule has 0 saturated heterocycles. The van der Waals surface area contributed by atoms with Crippen LogP contribution in [0.15, 0.2) is 36.1 Å². The van der Waals surface area contributed by atoms with Crippen LogP contribution in [0, 0.1) is 0 Å². The molecule has 0 aliphatic carbocycles. The number of carbonyl (C=O) groups excluding carboxylic acids is 1. The van der Waals surface area contributed by atoms with Gasteiger partial charge in [0.15, 0.2) is 0 Å². The van der Waals surface area contributed by atoms with Crippen molar-refractivity contribution in [3.63, 3.8) is 0 Å². The predicted molar refractivity (Wildman–Crippen MR) is 75.0 cm³/mol. The molecule has 1 atom stereocenters. The number of fused-ring (bicyclic) bond motifs is 1. The Bertz CT molecular complexity index is 538. The predicted octanol–water partition coefficient (Wildman–Crippen LogP) is 1.80. The number of benzene rings is 1. The molecule has 0 aromatic heterocycles.